The molecule has 1 atom stereocenters. The molecular formula is C15H28N2O2. The second-order valence-corrected chi connectivity index (χ2v) is 6.47. The van der Waals surface area contributed by atoms with E-state index in [1.807, 2.05) is 4.90 Å². The van der Waals surface area contributed by atoms with E-state index >= 15 is 0 Å². The fraction of sp³-hybridized carbons (Fsp3) is 0.933. The highest BCUT2D eigenvalue weighted by atomic mass is 16.3. The third kappa shape index (κ3) is 3.93. The van der Waals surface area contributed by atoms with Gasteiger partial charge in [0.05, 0.1) is 0 Å². The van der Waals surface area contributed by atoms with Crippen LogP contribution in [0, 0.1) is 11.8 Å². The summed E-state index contributed by atoms with van der Waals surface area (Å²) < 4.78 is 0. The number of rotatable bonds is 4. The van der Waals surface area contributed by atoms with E-state index < -0.39 is 0 Å². The summed E-state index contributed by atoms with van der Waals surface area (Å²) >= 11 is 0. The number of hydrogen-bond acceptors (Lipinski definition) is 3. The average molecular weight is 268 g/mol. The minimum absolute atomic E-state index is 0.324. The molecule has 2 rings (SSSR count). The van der Waals surface area contributed by atoms with Crippen LogP contribution in [0.2, 0.25) is 0 Å². The zero-order valence-corrected chi connectivity index (χ0v) is 12.3. The maximum atomic E-state index is 11.8. The molecule has 0 radical (unpaired) electrons. The van der Waals surface area contributed by atoms with Gasteiger partial charge in [-0.3, -0.25) is 4.79 Å². The van der Waals surface area contributed by atoms with Crippen LogP contribution in [0.1, 0.15) is 39.5 Å². The van der Waals surface area contributed by atoms with E-state index in [0.29, 0.717) is 30.4 Å². The number of carbonyl (C=O) groups is 1. The summed E-state index contributed by atoms with van der Waals surface area (Å²) in [4.78, 5) is 16.4. The molecule has 1 amide bonds. The van der Waals surface area contributed by atoms with Crippen molar-refractivity contribution in [1.29, 1.82) is 0 Å². The van der Waals surface area contributed by atoms with Crippen LogP contribution < -0.4 is 0 Å². The highest BCUT2D eigenvalue weighted by Gasteiger charge is 2.29. The molecule has 2 fully saturated rings. The van der Waals surface area contributed by atoms with Crippen molar-refractivity contribution in [3.05, 3.63) is 0 Å². The predicted octanol–water partition coefficient (Wildman–Crippen LogP) is 1.34. The molecule has 0 bridgehead atoms. The first-order valence-corrected chi connectivity index (χ1v) is 7.72. The summed E-state index contributed by atoms with van der Waals surface area (Å²) in [5.41, 5.74) is 0. The van der Waals surface area contributed by atoms with Gasteiger partial charge in [0.1, 0.15) is 0 Å². The first-order valence-electron chi connectivity index (χ1n) is 7.72. The number of hydrogen-bond donors (Lipinski definition) is 1. The number of nitrogens with zero attached hydrogens (tertiary/aromatic N) is 2. The van der Waals surface area contributed by atoms with Gasteiger partial charge in [0.25, 0.3) is 0 Å². The molecule has 0 aromatic carbocycles. The van der Waals surface area contributed by atoms with Gasteiger partial charge in [-0.2, -0.15) is 0 Å². The molecule has 2 aliphatic heterocycles. The molecule has 110 valence electrons. The van der Waals surface area contributed by atoms with Crippen LogP contribution in [0.25, 0.3) is 0 Å². The van der Waals surface area contributed by atoms with Crippen LogP contribution in [0.3, 0.4) is 0 Å². The van der Waals surface area contributed by atoms with Crippen LogP contribution in [0.5, 0.6) is 0 Å². The Hall–Kier alpha value is -0.610. The highest BCUT2D eigenvalue weighted by molar-refractivity contribution is 5.77. The molecular weight excluding hydrogens is 240 g/mol. The van der Waals surface area contributed by atoms with Crippen LogP contribution in [0.4, 0.5) is 0 Å². The van der Waals surface area contributed by atoms with Crippen molar-refractivity contribution in [2.75, 3.05) is 32.8 Å². The van der Waals surface area contributed by atoms with Crippen molar-refractivity contribution in [3.63, 3.8) is 0 Å². The van der Waals surface area contributed by atoms with Crippen molar-refractivity contribution in [2.45, 2.75) is 45.6 Å². The normalized spacial score (nSPS) is 27.3. The van der Waals surface area contributed by atoms with Gasteiger partial charge < -0.3 is 14.9 Å². The standard InChI is InChI=1S/C15H28N2O2/c1-12(2)17-10-14(3-4-15(17)19)9-16-7-5-13(11-18)6-8-16/h12-14,18H,3-11H2,1-2H3. The minimum atomic E-state index is 0.324. The third-order valence-electron chi connectivity index (χ3n) is 4.65. The van der Waals surface area contributed by atoms with Gasteiger partial charge >= 0.3 is 0 Å². The van der Waals surface area contributed by atoms with E-state index in [1.54, 1.807) is 0 Å². The number of aliphatic hydroxyl groups is 1. The molecule has 0 aliphatic carbocycles. The second kappa shape index (κ2) is 6.71. The summed E-state index contributed by atoms with van der Waals surface area (Å²) in [6, 6.07) is 0.329. The molecule has 0 aromatic rings. The molecule has 19 heavy (non-hydrogen) atoms. The van der Waals surface area contributed by atoms with Gasteiger partial charge in [0.2, 0.25) is 5.91 Å². The Kier molecular flexibility index (Phi) is 5.22. The van der Waals surface area contributed by atoms with Gasteiger partial charge in [-0.15, -0.1) is 0 Å². The Balaban J connectivity index is 1.79. The summed E-state index contributed by atoms with van der Waals surface area (Å²) in [7, 11) is 0. The summed E-state index contributed by atoms with van der Waals surface area (Å²) in [6.07, 6.45) is 4.00. The van der Waals surface area contributed by atoms with Crippen molar-refractivity contribution < 1.29 is 9.90 Å². The van der Waals surface area contributed by atoms with E-state index in [1.165, 1.54) is 0 Å². The highest BCUT2D eigenvalue weighted by Crippen LogP contribution is 2.23. The van der Waals surface area contributed by atoms with Crippen LogP contribution >= 0.6 is 0 Å². The van der Waals surface area contributed by atoms with E-state index in [-0.39, 0.29) is 0 Å². The zero-order chi connectivity index (χ0) is 13.8. The van der Waals surface area contributed by atoms with Crippen LogP contribution in [-0.4, -0.2) is 59.6 Å². The summed E-state index contributed by atoms with van der Waals surface area (Å²) in [6.45, 7) is 8.81. The maximum absolute atomic E-state index is 11.8. The van der Waals surface area contributed by atoms with Crippen molar-refractivity contribution >= 4 is 5.91 Å². The average Bonchev–Trinajstić information content (AvgIpc) is 2.41. The lowest BCUT2D eigenvalue weighted by Crippen LogP contribution is -2.48. The first kappa shape index (κ1) is 14.8. The lowest BCUT2D eigenvalue weighted by atomic mass is 9.93. The van der Waals surface area contributed by atoms with Crippen molar-refractivity contribution in [2.24, 2.45) is 11.8 Å². The number of amides is 1. The van der Waals surface area contributed by atoms with Gasteiger partial charge in [-0.25, -0.2) is 0 Å². The molecule has 4 nitrogen and oxygen atoms in total. The van der Waals surface area contributed by atoms with E-state index in [4.69, 9.17) is 5.11 Å². The fourth-order valence-corrected chi connectivity index (χ4v) is 3.31. The SMILES string of the molecule is CC(C)N1CC(CN2CCC(CO)CC2)CCC1=O. The molecule has 0 aromatic heterocycles. The largest absolute Gasteiger partial charge is 0.396 e. The monoisotopic (exact) mass is 268 g/mol. The lowest BCUT2D eigenvalue weighted by molar-refractivity contribution is -0.137. The molecule has 2 aliphatic rings. The van der Waals surface area contributed by atoms with E-state index in [9.17, 15) is 4.79 Å². The number of carbonyl (C=O) groups excluding carboxylic acids is 1. The Bertz CT molecular complexity index is 299. The first-order chi connectivity index (χ1) is 9.10. The Morgan fingerprint density at radius 2 is 1.89 bits per heavy atom. The Morgan fingerprint density at radius 3 is 2.47 bits per heavy atom. The number of likely N-dealkylation sites (tertiary alicyclic amines) is 2. The predicted molar refractivity (Wildman–Crippen MR) is 75.8 cm³/mol. The number of aliphatic hydroxyl groups excluding tert-OH is 1. The minimum Gasteiger partial charge on any atom is -0.396 e. The van der Waals surface area contributed by atoms with Crippen LogP contribution in [-0.2, 0) is 4.79 Å². The molecule has 1 N–H and O–H groups in total. The third-order valence-corrected chi connectivity index (χ3v) is 4.65. The Labute approximate surface area is 116 Å². The van der Waals surface area contributed by atoms with Crippen LogP contribution in [0.15, 0.2) is 0 Å². The number of piperidine rings is 2. The van der Waals surface area contributed by atoms with Gasteiger partial charge in [0.15, 0.2) is 0 Å². The molecule has 2 heterocycles. The zero-order valence-electron chi connectivity index (χ0n) is 12.3. The quantitative estimate of drug-likeness (QED) is 0.837. The fourth-order valence-electron chi connectivity index (χ4n) is 3.31. The molecule has 0 saturated carbocycles. The molecule has 2 saturated heterocycles. The molecule has 0 spiro atoms. The van der Waals surface area contributed by atoms with Crippen molar-refractivity contribution in [3.8, 4) is 0 Å². The smallest absolute Gasteiger partial charge is 0.222 e. The Morgan fingerprint density at radius 1 is 1.21 bits per heavy atom. The second-order valence-electron chi connectivity index (χ2n) is 6.47. The van der Waals surface area contributed by atoms with Gasteiger partial charge in [-0.05, 0) is 58.0 Å². The van der Waals surface area contributed by atoms with Gasteiger partial charge in [0, 0.05) is 32.2 Å². The molecule has 4 heteroatoms. The topological polar surface area (TPSA) is 43.8 Å². The van der Waals surface area contributed by atoms with E-state index in [0.717, 1.165) is 51.9 Å². The lowest BCUT2D eigenvalue weighted by Gasteiger charge is -2.39. The van der Waals surface area contributed by atoms with Crippen molar-refractivity contribution in [1.82, 2.24) is 9.80 Å². The summed E-state index contributed by atoms with van der Waals surface area (Å²) in [5.74, 6) is 1.47. The van der Waals surface area contributed by atoms with Gasteiger partial charge in [-0.1, -0.05) is 0 Å². The molecule has 1 unspecified atom stereocenters. The maximum Gasteiger partial charge on any atom is 0.222 e. The summed E-state index contributed by atoms with van der Waals surface area (Å²) in [5, 5.41) is 9.16. The van der Waals surface area contributed by atoms with E-state index in [2.05, 4.69) is 18.7 Å².